The summed E-state index contributed by atoms with van der Waals surface area (Å²) in [6.45, 7) is 6.09. The van der Waals surface area contributed by atoms with Crippen LogP contribution in [0, 0.1) is 35.3 Å². The van der Waals surface area contributed by atoms with Crippen molar-refractivity contribution in [1.29, 1.82) is 0 Å². The minimum absolute atomic E-state index is 0.115. The number of hydrogen-bond donors (Lipinski definition) is 0. The van der Waals surface area contributed by atoms with Gasteiger partial charge in [0.1, 0.15) is 11.6 Å². The number of esters is 2. The largest absolute Gasteiger partial charge is 0.423 e. The molecule has 56 heavy (non-hydrogen) atoms. The van der Waals surface area contributed by atoms with Gasteiger partial charge in [0.25, 0.3) is 0 Å². The summed E-state index contributed by atoms with van der Waals surface area (Å²) in [6.07, 6.45) is 3.55. The Kier molecular flexibility index (Phi) is 11.3. The quantitative estimate of drug-likeness (QED) is 0.0933. The molecule has 0 radical (unpaired) electrons. The Bertz CT molecular complexity index is 1950. The lowest BCUT2D eigenvalue weighted by Gasteiger charge is -2.45. The lowest BCUT2D eigenvalue weighted by Crippen LogP contribution is -2.52. The molecule has 6 saturated heterocycles. The molecule has 16 heteroatoms. The molecule has 2 atom stereocenters. The van der Waals surface area contributed by atoms with Crippen molar-refractivity contribution in [2.24, 2.45) is 23.7 Å². The molecule has 4 bridgehead atoms. The van der Waals surface area contributed by atoms with Crippen molar-refractivity contribution in [3.63, 3.8) is 0 Å². The predicted molar refractivity (Wildman–Crippen MR) is 207 cm³/mol. The standard InChI is InChI=1S/C40H40F2N6O6S2/c41-31-5-1-27(2-6-31)35-37(43-23-55-35)47(21-29-19-45-15-11-25(29)12-16-45)39(51)53-33(49)9-10-34(50)54-40(52)48(22-30-20-46-17-13-26(30)14-18-46)38-36(56-24-44-38)28-3-7-32(42)8-4-28/h1-10,23-26,29-30H,11-22H2/b10-9+. The number of ether oxygens (including phenoxy) is 2. The van der Waals surface area contributed by atoms with Gasteiger partial charge in [-0.15, -0.1) is 22.7 Å². The van der Waals surface area contributed by atoms with E-state index >= 15 is 0 Å². The molecule has 0 aliphatic carbocycles. The fourth-order valence-corrected chi connectivity index (χ4v) is 10.1. The number of thiazole rings is 2. The van der Waals surface area contributed by atoms with Gasteiger partial charge in [0.2, 0.25) is 0 Å². The van der Waals surface area contributed by atoms with E-state index in [1.54, 1.807) is 35.3 Å². The topological polar surface area (TPSA) is 125 Å². The number of piperidine rings is 6. The van der Waals surface area contributed by atoms with E-state index in [1.165, 1.54) is 56.7 Å². The first-order valence-corrected chi connectivity index (χ1v) is 20.5. The number of benzene rings is 2. The van der Waals surface area contributed by atoms with Gasteiger partial charge in [-0.3, -0.25) is 9.80 Å². The van der Waals surface area contributed by atoms with Gasteiger partial charge in [0.05, 0.1) is 20.8 Å². The first-order valence-electron chi connectivity index (χ1n) is 18.8. The van der Waals surface area contributed by atoms with E-state index in [2.05, 4.69) is 19.8 Å². The van der Waals surface area contributed by atoms with E-state index in [0.29, 0.717) is 32.7 Å². The number of anilines is 2. The molecule has 0 saturated carbocycles. The van der Waals surface area contributed by atoms with Crippen LogP contribution < -0.4 is 9.80 Å². The Hall–Kier alpha value is -4.90. The van der Waals surface area contributed by atoms with Crippen molar-refractivity contribution in [3.8, 4) is 20.9 Å². The Morgan fingerprint density at radius 2 is 1.02 bits per heavy atom. The van der Waals surface area contributed by atoms with E-state index in [1.807, 2.05) is 0 Å². The molecule has 2 aromatic carbocycles. The number of nitrogens with zero attached hydrogens (tertiary/aromatic N) is 6. The van der Waals surface area contributed by atoms with Gasteiger partial charge in [-0.05, 0) is 111 Å². The first-order chi connectivity index (χ1) is 27.2. The molecular weight excluding hydrogens is 763 g/mol. The zero-order valence-corrected chi connectivity index (χ0v) is 32.1. The number of aromatic nitrogens is 2. The summed E-state index contributed by atoms with van der Waals surface area (Å²) in [5.74, 6) is -1.49. The highest BCUT2D eigenvalue weighted by Crippen LogP contribution is 2.40. The summed E-state index contributed by atoms with van der Waals surface area (Å²) in [6, 6.07) is 11.7. The summed E-state index contributed by atoms with van der Waals surface area (Å²) in [5.41, 5.74) is 4.46. The number of carbonyl (C=O) groups is 4. The van der Waals surface area contributed by atoms with Crippen LogP contribution in [-0.4, -0.2) is 96.3 Å². The van der Waals surface area contributed by atoms with Crippen LogP contribution in [0.1, 0.15) is 25.7 Å². The Labute approximate surface area is 330 Å². The van der Waals surface area contributed by atoms with Crippen LogP contribution >= 0.6 is 22.7 Å². The molecule has 4 aromatic rings. The van der Waals surface area contributed by atoms with Crippen LogP contribution in [0.4, 0.5) is 30.0 Å². The molecule has 292 valence electrons. The zero-order chi connectivity index (χ0) is 38.8. The van der Waals surface area contributed by atoms with Crippen LogP contribution in [-0.2, 0) is 19.1 Å². The highest BCUT2D eigenvalue weighted by Gasteiger charge is 2.39. The van der Waals surface area contributed by atoms with Gasteiger partial charge in [-0.1, -0.05) is 24.3 Å². The maximum absolute atomic E-state index is 13.8. The maximum atomic E-state index is 13.8. The fourth-order valence-electron chi connectivity index (χ4n) is 8.50. The van der Waals surface area contributed by atoms with Gasteiger partial charge in [0.15, 0.2) is 11.6 Å². The number of fused-ring (bicyclic) bond motifs is 6. The molecule has 6 aliphatic heterocycles. The second-order valence-electron chi connectivity index (χ2n) is 14.7. The van der Waals surface area contributed by atoms with Crippen LogP contribution in [0.5, 0.6) is 0 Å². The Morgan fingerprint density at radius 3 is 1.36 bits per heavy atom. The van der Waals surface area contributed by atoms with Crippen LogP contribution in [0.2, 0.25) is 0 Å². The van der Waals surface area contributed by atoms with Crippen molar-refractivity contribution in [3.05, 3.63) is 83.3 Å². The fraction of sp³-hybridized carbons (Fsp3) is 0.400. The third kappa shape index (κ3) is 8.43. The minimum atomic E-state index is -1.14. The lowest BCUT2D eigenvalue weighted by molar-refractivity contribution is -0.134. The van der Waals surface area contributed by atoms with Gasteiger partial charge >= 0.3 is 24.1 Å². The van der Waals surface area contributed by atoms with Crippen LogP contribution in [0.25, 0.3) is 20.9 Å². The van der Waals surface area contributed by atoms with Crippen LogP contribution in [0.3, 0.4) is 0 Å². The third-order valence-corrected chi connectivity index (χ3v) is 13.1. The zero-order valence-electron chi connectivity index (χ0n) is 30.4. The summed E-state index contributed by atoms with van der Waals surface area (Å²) in [5, 5.41) is 0. The molecule has 10 rings (SSSR count). The normalized spacial score (nSPS) is 23.9. The molecule has 0 spiro atoms. The second-order valence-corrected chi connectivity index (χ2v) is 16.5. The second kappa shape index (κ2) is 16.7. The number of rotatable bonds is 10. The smallest absolute Gasteiger partial charge is 0.373 e. The molecule has 2 amide bonds. The SMILES string of the molecule is O=C(/C=C/C(=O)OC(=O)N(CC1CN2CCC1CC2)c1ncsc1-c1ccc(F)cc1)OC(=O)N(CC1CN2CCC1CC2)c1ncsc1-c1ccc(F)cc1. The van der Waals surface area contributed by atoms with E-state index < -0.39 is 35.8 Å². The first kappa shape index (κ1) is 38.0. The van der Waals surface area contributed by atoms with Gasteiger partial charge in [-0.2, -0.15) is 0 Å². The molecule has 6 fully saturated rings. The molecule has 2 aromatic heterocycles. The molecule has 2 unspecified atom stereocenters. The molecule has 8 heterocycles. The monoisotopic (exact) mass is 802 g/mol. The lowest BCUT2D eigenvalue weighted by atomic mass is 9.79. The average molecular weight is 803 g/mol. The number of hydrogen-bond acceptors (Lipinski definition) is 12. The molecule has 6 aliphatic rings. The van der Waals surface area contributed by atoms with E-state index in [-0.39, 0.29) is 36.6 Å². The number of amides is 2. The Balaban J connectivity index is 0.967. The van der Waals surface area contributed by atoms with Crippen molar-refractivity contribution < 1.29 is 37.4 Å². The highest BCUT2D eigenvalue weighted by molar-refractivity contribution is 7.14. The molecule has 0 N–H and O–H groups in total. The summed E-state index contributed by atoms with van der Waals surface area (Å²) >= 11 is 2.55. The van der Waals surface area contributed by atoms with Crippen molar-refractivity contribution in [2.75, 3.05) is 62.2 Å². The Morgan fingerprint density at radius 1 is 0.643 bits per heavy atom. The molecule has 12 nitrogen and oxygen atoms in total. The number of carbonyl (C=O) groups excluding carboxylic acids is 4. The minimum Gasteiger partial charge on any atom is -0.373 e. The summed E-state index contributed by atoms with van der Waals surface area (Å²) in [4.78, 5) is 71.1. The molecular formula is C40H40F2N6O6S2. The summed E-state index contributed by atoms with van der Waals surface area (Å²) in [7, 11) is 0. The van der Waals surface area contributed by atoms with E-state index in [0.717, 1.165) is 77.1 Å². The highest BCUT2D eigenvalue weighted by atomic mass is 32.1. The maximum Gasteiger partial charge on any atom is 0.423 e. The van der Waals surface area contributed by atoms with Gasteiger partial charge in [-0.25, -0.2) is 37.9 Å². The van der Waals surface area contributed by atoms with Crippen molar-refractivity contribution >= 4 is 58.4 Å². The van der Waals surface area contributed by atoms with Crippen molar-refractivity contribution in [2.45, 2.75) is 25.7 Å². The van der Waals surface area contributed by atoms with E-state index in [4.69, 9.17) is 9.47 Å². The van der Waals surface area contributed by atoms with E-state index in [9.17, 15) is 28.0 Å². The third-order valence-electron chi connectivity index (χ3n) is 11.4. The average Bonchev–Trinajstić information content (AvgIpc) is 3.91. The van der Waals surface area contributed by atoms with Gasteiger partial charge in [0, 0.05) is 38.3 Å². The predicted octanol–water partition coefficient (Wildman–Crippen LogP) is 7.09. The van der Waals surface area contributed by atoms with Gasteiger partial charge < -0.3 is 19.3 Å². The van der Waals surface area contributed by atoms with Crippen LogP contribution in [0.15, 0.2) is 71.7 Å². The summed E-state index contributed by atoms with van der Waals surface area (Å²) < 4.78 is 38.0. The van der Waals surface area contributed by atoms with Crippen molar-refractivity contribution in [1.82, 2.24) is 19.8 Å². The number of halogens is 2.